The molecule has 0 atom stereocenters. The number of benzene rings is 1. The number of aromatic nitrogens is 1. The number of hydrogen-bond acceptors (Lipinski definition) is 3. The van der Waals surface area contributed by atoms with E-state index >= 15 is 0 Å². The minimum Gasteiger partial charge on any atom is -0.330 e. The van der Waals surface area contributed by atoms with Crippen molar-refractivity contribution in [1.82, 2.24) is 4.98 Å². The van der Waals surface area contributed by atoms with Crippen LogP contribution in [0.4, 0.5) is 10.1 Å². The van der Waals surface area contributed by atoms with Crippen molar-refractivity contribution >= 4 is 11.6 Å². The summed E-state index contributed by atoms with van der Waals surface area (Å²) >= 11 is 0. The van der Waals surface area contributed by atoms with Gasteiger partial charge in [-0.25, -0.2) is 4.39 Å². The Labute approximate surface area is 117 Å². The fraction of sp³-hybridized carbons (Fsp3) is 0.200. The quantitative estimate of drug-likeness (QED) is 0.908. The molecule has 0 aliphatic heterocycles. The second-order valence-electron chi connectivity index (χ2n) is 4.31. The lowest BCUT2D eigenvalue weighted by Crippen LogP contribution is -2.33. The third-order valence-electron chi connectivity index (χ3n) is 2.90. The number of halogens is 1. The van der Waals surface area contributed by atoms with Crippen LogP contribution in [0.2, 0.25) is 0 Å². The van der Waals surface area contributed by atoms with Crippen LogP contribution in [-0.4, -0.2) is 24.0 Å². The topological polar surface area (TPSA) is 59.2 Å². The minimum atomic E-state index is -0.330. The lowest BCUT2D eigenvalue weighted by Gasteiger charge is -2.22. The Kier molecular flexibility index (Phi) is 4.79. The third-order valence-corrected chi connectivity index (χ3v) is 2.90. The van der Waals surface area contributed by atoms with Gasteiger partial charge in [0.1, 0.15) is 5.82 Å². The van der Waals surface area contributed by atoms with E-state index in [2.05, 4.69) is 4.98 Å². The molecule has 5 heteroatoms. The SMILES string of the molecule is NCCCN(C(=O)c1ccncc1)c1ccc(F)cc1. The van der Waals surface area contributed by atoms with Gasteiger partial charge in [0.15, 0.2) is 0 Å². The zero-order valence-electron chi connectivity index (χ0n) is 11.0. The van der Waals surface area contributed by atoms with Crippen LogP contribution in [0.5, 0.6) is 0 Å². The van der Waals surface area contributed by atoms with Gasteiger partial charge in [0.25, 0.3) is 5.91 Å². The van der Waals surface area contributed by atoms with Crippen LogP contribution in [0, 0.1) is 5.82 Å². The largest absolute Gasteiger partial charge is 0.330 e. The predicted molar refractivity (Wildman–Crippen MR) is 76.0 cm³/mol. The first-order valence-corrected chi connectivity index (χ1v) is 6.40. The molecule has 0 spiro atoms. The molecule has 2 rings (SSSR count). The van der Waals surface area contributed by atoms with Gasteiger partial charge in [0.05, 0.1) is 0 Å². The molecule has 0 unspecified atom stereocenters. The standard InChI is InChI=1S/C15H16FN3O/c16-13-2-4-14(5-3-13)19(11-1-8-17)15(20)12-6-9-18-10-7-12/h2-7,9-10H,1,8,11,17H2. The fourth-order valence-electron chi connectivity index (χ4n) is 1.87. The molecule has 1 amide bonds. The van der Waals surface area contributed by atoms with Gasteiger partial charge in [-0.3, -0.25) is 9.78 Å². The number of nitrogens with zero attached hydrogens (tertiary/aromatic N) is 2. The molecule has 0 fully saturated rings. The smallest absolute Gasteiger partial charge is 0.258 e. The first kappa shape index (κ1) is 14.1. The Bertz CT molecular complexity index is 557. The minimum absolute atomic E-state index is 0.146. The molecule has 1 heterocycles. The van der Waals surface area contributed by atoms with E-state index in [1.807, 2.05) is 0 Å². The van der Waals surface area contributed by atoms with Crippen molar-refractivity contribution in [3.63, 3.8) is 0 Å². The van der Waals surface area contributed by atoms with Gasteiger partial charge in [0, 0.05) is 30.2 Å². The van der Waals surface area contributed by atoms with Gasteiger partial charge in [0.2, 0.25) is 0 Å². The van der Waals surface area contributed by atoms with Crippen LogP contribution in [0.3, 0.4) is 0 Å². The van der Waals surface area contributed by atoms with Gasteiger partial charge >= 0.3 is 0 Å². The number of hydrogen-bond donors (Lipinski definition) is 1. The van der Waals surface area contributed by atoms with Crippen molar-refractivity contribution in [2.75, 3.05) is 18.0 Å². The maximum atomic E-state index is 13.0. The molecule has 0 saturated heterocycles. The van der Waals surface area contributed by atoms with Crippen LogP contribution >= 0.6 is 0 Å². The number of pyridine rings is 1. The van der Waals surface area contributed by atoms with E-state index < -0.39 is 0 Å². The van der Waals surface area contributed by atoms with E-state index in [4.69, 9.17) is 5.73 Å². The molecular weight excluding hydrogens is 257 g/mol. The molecule has 4 nitrogen and oxygen atoms in total. The second kappa shape index (κ2) is 6.77. The summed E-state index contributed by atoms with van der Waals surface area (Å²) in [6, 6.07) is 9.16. The Morgan fingerprint density at radius 1 is 1.15 bits per heavy atom. The van der Waals surface area contributed by atoms with E-state index in [0.717, 1.165) is 0 Å². The van der Waals surface area contributed by atoms with Crippen molar-refractivity contribution in [2.24, 2.45) is 5.73 Å². The van der Waals surface area contributed by atoms with Crippen molar-refractivity contribution in [3.8, 4) is 0 Å². The number of anilines is 1. The second-order valence-corrected chi connectivity index (χ2v) is 4.31. The molecule has 0 saturated carbocycles. The predicted octanol–water partition coefficient (Wildman–Crippen LogP) is 2.22. The monoisotopic (exact) mass is 273 g/mol. The van der Waals surface area contributed by atoms with Gasteiger partial charge in [-0.05, 0) is 49.4 Å². The molecule has 0 bridgehead atoms. The van der Waals surface area contributed by atoms with Crippen LogP contribution in [0.15, 0.2) is 48.8 Å². The van der Waals surface area contributed by atoms with E-state index in [9.17, 15) is 9.18 Å². The first-order chi connectivity index (χ1) is 9.72. The highest BCUT2D eigenvalue weighted by Crippen LogP contribution is 2.18. The zero-order chi connectivity index (χ0) is 14.4. The Balaban J connectivity index is 2.27. The molecule has 1 aromatic heterocycles. The molecule has 0 aliphatic rings. The molecule has 0 radical (unpaired) electrons. The van der Waals surface area contributed by atoms with Crippen molar-refractivity contribution in [2.45, 2.75) is 6.42 Å². The highest BCUT2D eigenvalue weighted by Gasteiger charge is 2.17. The fourth-order valence-corrected chi connectivity index (χ4v) is 1.87. The highest BCUT2D eigenvalue weighted by molar-refractivity contribution is 6.05. The number of nitrogens with two attached hydrogens (primary N) is 1. The molecule has 0 aliphatic carbocycles. The Hall–Kier alpha value is -2.27. The van der Waals surface area contributed by atoms with Crippen LogP contribution in [0.1, 0.15) is 16.8 Å². The van der Waals surface area contributed by atoms with Gasteiger partial charge < -0.3 is 10.6 Å². The van der Waals surface area contributed by atoms with Crippen molar-refractivity contribution < 1.29 is 9.18 Å². The lowest BCUT2D eigenvalue weighted by atomic mass is 10.2. The average molecular weight is 273 g/mol. The molecule has 20 heavy (non-hydrogen) atoms. The molecule has 1 aromatic carbocycles. The summed E-state index contributed by atoms with van der Waals surface area (Å²) < 4.78 is 13.0. The molecule has 104 valence electrons. The number of rotatable bonds is 5. The summed E-state index contributed by atoms with van der Waals surface area (Å²) in [5.41, 5.74) is 6.71. The molecule has 2 N–H and O–H groups in total. The normalized spacial score (nSPS) is 10.3. The van der Waals surface area contributed by atoms with Gasteiger partial charge in [-0.1, -0.05) is 0 Å². The maximum absolute atomic E-state index is 13.0. The molecular formula is C15H16FN3O. The summed E-state index contributed by atoms with van der Waals surface area (Å²) in [5, 5.41) is 0. The summed E-state index contributed by atoms with van der Waals surface area (Å²) in [6.45, 7) is 0.977. The lowest BCUT2D eigenvalue weighted by molar-refractivity contribution is 0.0986. The average Bonchev–Trinajstić information content (AvgIpc) is 2.50. The summed E-state index contributed by atoms with van der Waals surface area (Å²) in [4.78, 5) is 18.0. The van der Waals surface area contributed by atoms with Crippen LogP contribution in [0.25, 0.3) is 0 Å². The van der Waals surface area contributed by atoms with E-state index in [-0.39, 0.29) is 11.7 Å². The Morgan fingerprint density at radius 3 is 2.40 bits per heavy atom. The number of carbonyl (C=O) groups excluding carboxylic acids is 1. The van der Waals surface area contributed by atoms with E-state index in [1.165, 1.54) is 12.1 Å². The summed E-state index contributed by atoms with van der Waals surface area (Å²) in [6.07, 6.45) is 3.81. The van der Waals surface area contributed by atoms with Crippen molar-refractivity contribution in [3.05, 3.63) is 60.2 Å². The molecule has 2 aromatic rings. The van der Waals surface area contributed by atoms with Crippen LogP contribution in [-0.2, 0) is 0 Å². The van der Waals surface area contributed by atoms with Crippen LogP contribution < -0.4 is 10.6 Å². The van der Waals surface area contributed by atoms with Crippen molar-refractivity contribution in [1.29, 1.82) is 0 Å². The Morgan fingerprint density at radius 2 is 1.80 bits per heavy atom. The third kappa shape index (κ3) is 3.39. The maximum Gasteiger partial charge on any atom is 0.258 e. The van der Waals surface area contributed by atoms with E-state index in [0.29, 0.717) is 30.8 Å². The van der Waals surface area contributed by atoms with Gasteiger partial charge in [-0.15, -0.1) is 0 Å². The van der Waals surface area contributed by atoms with E-state index in [1.54, 1.807) is 41.6 Å². The number of carbonyl (C=O) groups is 1. The first-order valence-electron chi connectivity index (χ1n) is 6.40. The summed E-state index contributed by atoms with van der Waals surface area (Å²) in [7, 11) is 0. The summed E-state index contributed by atoms with van der Waals surface area (Å²) in [5.74, 6) is -0.476. The highest BCUT2D eigenvalue weighted by atomic mass is 19.1. The van der Waals surface area contributed by atoms with Gasteiger partial charge in [-0.2, -0.15) is 0 Å². The number of amides is 1. The zero-order valence-corrected chi connectivity index (χ0v) is 11.0.